The SMILES string of the molecule is CC[C@@H](C(=O)NC)N(Cc1c(Cl)cccc1Cl)C(=O)COc1cccc(C)c1. The minimum absolute atomic E-state index is 0.112. The first-order valence-electron chi connectivity index (χ1n) is 9.00. The van der Waals surface area contributed by atoms with Crippen LogP contribution in [0, 0.1) is 6.92 Å². The van der Waals surface area contributed by atoms with E-state index >= 15 is 0 Å². The maximum absolute atomic E-state index is 13.0. The van der Waals surface area contributed by atoms with Crippen molar-refractivity contribution >= 4 is 35.0 Å². The molecule has 0 fully saturated rings. The van der Waals surface area contributed by atoms with E-state index in [1.807, 2.05) is 32.0 Å². The van der Waals surface area contributed by atoms with Gasteiger partial charge in [-0.05, 0) is 43.2 Å². The molecular formula is C21H24Cl2N2O3. The van der Waals surface area contributed by atoms with Gasteiger partial charge in [-0.15, -0.1) is 0 Å². The number of ether oxygens (including phenoxy) is 1. The van der Waals surface area contributed by atoms with Crippen LogP contribution >= 0.6 is 23.2 Å². The zero-order valence-electron chi connectivity index (χ0n) is 16.2. The van der Waals surface area contributed by atoms with Crippen LogP contribution in [0.25, 0.3) is 0 Å². The van der Waals surface area contributed by atoms with E-state index in [1.165, 1.54) is 4.90 Å². The topological polar surface area (TPSA) is 58.6 Å². The predicted molar refractivity (Wildman–Crippen MR) is 112 cm³/mol. The van der Waals surface area contributed by atoms with E-state index in [1.54, 1.807) is 31.3 Å². The lowest BCUT2D eigenvalue weighted by molar-refractivity contribution is -0.142. The van der Waals surface area contributed by atoms with E-state index in [9.17, 15) is 9.59 Å². The zero-order valence-corrected chi connectivity index (χ0v) is 17.7. The Morgan fingerprint density at radius 1 is 1.14 bits per heavy atom. The average molecular weight is 423 g/mol. The van der Waals surface area contributed by atoms with Gasteiger partial charge in [0.2, 0.25) is 5.91 Å². The van der Waals surface area contributed by atoms with Crippen LogP contribution in [-0.2, 0) is 16.1 Å². The maximum Gasteiger partial charge on any atom is 0.261 e. The van der Waals surface area contributed by atoms with Gasteiger partial charge in [0.05, 0.1) is 0 Å². The molecule has 150 valence electrons. The van der Waals surface area contributed by atoms with E-state index in [2.05, 4.69) is 5.32 Å². The normalized spacial score (nSPS) is 11.6. The van der Waals surface area contributed by atoms with E-state index in [0.717, 1.165) is 5.56 Å². The molecular weight excluding hydrogens is 399 g/mol. The molecule has 2 aromatic carbocycles. The summed E-state index contributed by atoms with van der Waals surface area (Å²) in [5.41, 5.74) is 1.62. The van der Waals surface area contributed by atoms with Crippen molar-refractivity contribution in [3.63, 3.8) is 0 Å². The Hall–Kier alpha value is -2.24. The second-order valence-corrected chi connectivity index (χ2v) is 7.18. The van der Waals surface area contributed by atoms with Crippen molar-refractivity contribution in [1.29, 1.82) is 0 Å². The Kier molecular flexibility index (Phi) is 8.15. The van der Waals surface area contributed by atoms with Crippen molar-refractivity contribution in [2.75, 3.05) is 13.7 Å². The van der Waals surface area contributed by atoms with Gasteiger partial charge in [-0.1, -0.05) is 48.3 Å². The Bertz CT molecular complexity index is 822. The van der Waals surface area contributed by atoms with Gasteiger partial charge in [0, 0.05) is 29.2 Å². The molecule has 5 nitrogen and oxygen atoms in total. The number of rotatable bonds is 8. The Balaban J connectivity index is 2.26. The average Bonchev–Trinajstić information content (AvgIpc) is 2.68. The molecule has 1 atom stereocenters. The molecule has 0 aromatic heterocycles. The summed E-state index contributed by atoms with van der Waals surface area (Å²) < 4.78 is 5.65. The molecule has 7 heteroatoms. The Labute approximate surface area is 175 Å². The van der Waals surface area contributed by atoms with Gasteiger partial charge in [0.1, 0.15) is 11.8 Å². The molecule has 0 aliphatic carbocycles. The number of aryl methyl sites for hydroxylation is 1. The van der Waals surface area contributed by atoms with Crippen LogP contribution in [0.2, 0.25) is 10.0 Å². The monoisotopic (exact) mass is 422 g/mol. The number of halogens is 2. The molecule has 1 N–H and O–H groups in total. The summed E-state index contributed by atoms with van der Waals surface area (Å²) in [7, 11) is 1.54. The molecule has 2 aromatic rings. The van der Waals surface area contributed by atoms with Gasteiger partial charge < -0.3 is 15.0 Å². The van der Waals surface area contributed by atoms with Crippen molar-refractivity contribution in [3.05, 3.63) is 63.6 Å². The summed E-state index contributed by atoms with van der Waals surface area (Å²) in [6, 6.07) is 11.9. The van der Waals surface area contributed by atoms with E-state index in [-0.39, 0.29) is 25.0 Å². The van der Waals surface area contributed by atoms with Crippen molar-refractivity contribution in [2.24, 2.45) is 0 Å². The highest BCUT2D eigenvalue weighted by atomic mass is 35.5. The third kappa shape index (κ3) is 5.63. The number of carbonyl (C=O) groups excluding carboxylic acids is 2. The third-order valence-electron chi connectivity index (χ3n) is 4.37. The number of amides is 2. The molecule has 0 radical (unpaired) electrons. The molecule has 2 amide bonds. The number of hydrogen-bond donors (Lipinski definition) is 1. The number of nitrogens with zero attached hydrogens (tertiary/aromatic N) is 1. The number of likely N-dealkylation sites (N-methyl/N-ethyl adjacent to an activating group) is 1. The van der Waals surface area contributed by atoms with Crippen LogP contribution in [0.1, 0.15) is 24.5 Å². The second-order valence-electron chi connectivity index (χ2n) is 6.37. The van der Waals surface area contributed by atoms with Crippen molar-refractivity contribution < 1.29 is 14.3 Å². The van der Waals surface area contributed by atoms with Crippen molar-refractivity contribution in [3.8, 4) is 5.75 Å². The second kappa shape index (κ2) is 10.3. The fourth-order valence-corrected chi connectivity index (χ4v) is 3.39. The van der Waals surface area contributed by atoms with Crippen LogP contribution in [0.5, 0.6) is 5.75 Å². The zero-order chi connectivity index (χ0) is 20.7. The molecule has 28 heavy (non-hydrogen) atoms. The number of carbonyl (C=O) groups is 2. The van der Waals surface area contributed by atoms with E-state index in [0.29, 0.717) is 27.8 Å². The van der Waals surface area contributed by atoms with Gasteiger partial charge in [-0.2, -0.15) is 0 Å². The van der Waals surface area contributed by atoms with E-state index in [4.69, 9.17) is 27.9 Å². The minimum Gasteiger partial charge on any atom is -0.484 e. The molecule has 2 rings (SSSR count). The molecule has 0 saturated heterocycles. The molecule has 0 saturated carbocycles. The summed E-state index contributed by atoms with van der Waals surface area (Å²) in [6.45, 7) is 3.70. The van der Waals surface area contributed by atoms with Crippen molar-refractivity contribution in [1.82, 2.24) is 10.2 Å². The lowest BCUT2D eigenvalue weighted by Crippen LogP contribution is -2.49. The van der Waals surface area contributed by atoms with Crippen molar-refractivity contribution in [2.45, 2.75) is 32.9 Å². The predicted octanol–water partition coefficient (Wildman–Crippen LogP) is 4.23. The molecule has 0 aliphatic rings. The van der Waals surface area contributed by atoms with Gasteiger partial charge in [0.15, 0.2) is 6.61 Å². The molecule has 0 heterocycles. The van der Waals surface area contributed by atoms with Crippen LogP contribution in [0.4, 0.5) is 0 Å². The van der Waals surface area contributed by atoms with Crippen LogP contribution in [-0.4, -0.2) is 36.4 Å². The van der Waals surface area contributed by atoms with Crippen LogP contribution in [0.3, 0.4) is 0 Å². The first-order valence-corrected chi connectivity index (χ1v) is 9.76. The molecule has 0 bridgehead atoms. The molecule has 0 unspecified atom stereocenters. The quantitative estimate of drug-likeness (QED) is 0.691. The standard InChI is InChI=1S/C21H24Cl2N2O3/c1-4-19(21(27)24-3)25(12-16-17(22)9-6-10-18(16)23)20(26)13-28-15-8-5-7-14(2)11-15/h5-11,19H,4,12-13H2,1-3H3,(H,24,27)/t19-/m0/s1. The van der Waals surface area contributed by atoms with Crippen LogP contribution in [0.15, 0.2) is 42.5 Å². The van der Waals surface area contributed by atoms with Gasteiger partial charge in [-0.3, -0.25) is 9.59 Å². The summed E-state index contributed by atoms with van der Waals surface area (Å²) in [5.74, 6) is 0.0135. The first-order chi connectivity index (χ1) is 13.4. The summed E-state index contributed by atoms with van der Waals surface area (Å²) >= 11 is 12.6. The van der Waals surface area contributed by atoms with Crippen LogP contribution < -0.4 is 10.1 Å². The highest BCUT2D eigenvalue weighted by Crippen LogP contribution is 2.27. The Morgan fingerprint density at radius 3 is 2.36 bits per heavy atom. The largest absolute Gasteiger partial charge is 0.484 e. The van der Waals surface area contributed by atoms with Gasteiger partial charge in [-0.25, -0.2) is 0 Å². The summed E-state index contributed by atoms with van der Waals surface area (Å²) in [4.78, 5) is 26.8. The Morgan fingerprint density at radius 2 is 1.79 bits per heavy atom. The minimum atomic E-state index is -0.661. The van der Waals surface area contributed by atoms with Gasteiger partial charge in [0.25, 0.3) is 5.91 Å². The number of benzene rings is 2. The highest BCUT2D eigenvalue weighted by Gasteiger charge is 2.29. The summed E-state index contributed by atoms with van der Waals surface area (Å²) in [6.07, 6.45) is 0.442. The van der Waals surface area contributed by atoms with Gasteiger partial charge >= 0.3 is 0 Å². The fourth-order valence-electron chi connectivity index (χ4n) is 2.87. The first kappa shape index (κ1) is 22.1. The molecule has 0 spiro atoms. The lowest BCUT2D eigenvalue weighted by atomic mass is 10.1. The number of hydrogen-bond acceptors (Lipinski definition) is 3. The highest BCUT2D eigenvalue weighted by molar-refractivity contribution is 6.36. The smallest absolute Gasteiger partial charge is 0.261 e. The fraction of sp³-hybridized carbons (Fsp3) is 0.333. The third-order valence-corrected chi connectivity index (χ3v) is 5.08. The lowest BCUT2D eigenvalue weighted by Gasteiger charge is -2.30. The van der Waals surface area contributed by atoms with E-state index < -0.39 is 6.04 Å². The molecule has 0 aliphatic heterocycles. The number of nitrogens with one attached hydrogen (secondary N) is 1. The maximum atomic E-state index is 13.0. The summed E-state index contributed by atoms with van der Waals surface area (Å²) in [5, 5.41) is 3.49.